The van der Waals surface area contributed by atoms with Gasteiger partial charge in [-0.3, -0.25) is 38.4 Å². The molecule has 22 heteroatoms. The number of hydrogen-bond donors (Lipinski definition) is 12. The molecule has 0 aliphatic carbocycles. The average Bonchev–Trinajstić information content (AvgIpc) is 3.20. The maximum Gasteiger partial charge on any atom is 0.247 e. The van der Waals surface area contributed by atoms with E-state index in [4.69, 9.17) is 22.9 Å². The van der Waals surface area contributed by atoms with E-state index < -0.39 is 114 Å². The molecule has 0 heterocycles. The molecule has 0 bridgehead atoms. The van der Waals surface area contributed by atoms with Crippen molar-refractivity contribution in [2.75, 3.05) is 13.2 Å². The summed E-state index contributed by atoms with van der Waals surface area (Å²) in [5.74, 6) is -7.91. The van der Waals surface area contributed by atoms with E-state index in [9.17, 15) is 47.9 Å². The molecule has 0 saturated heterocycles. The smallest absolute Gasteiger partial charge is 0.247 e. The van der Waals surface area contributed by atoms with Gasteiger partial charge in [0.25, 0.3) is 0 Å². The molecule has 0 aliphatic rings. The summed E-state index contributed by atoms with van der Waals surface area (Å²) in [6.45, 7) is 10.3. The van der Waals surface area contributed by atoms with E-state index in [0.717, 1.165) is 0 Å². The van der Waals surface area contributed by atoms with Gasteiger partial charge in [-0.1, -0.05) is 65.3 Å². The summed E-state index contributed by atoms with van der Waals surface area (Å²) in [5.41, 5.74) is 22.4. The van der Waals surface area contributed by atoms with Gasteiger partial charge in [-0.2, -0.15) is 0 Å². The number of halogens is 1. The Morgan fingerprint density at radius 1 is 0.677 bits per heavy atom. The predicted octanol–water partition coefficient (Wildman–Crippen LogP) is -3.06. The van der Waals surface area contributed by atoms with Gasteiger partial charge in [-0.25, -0.2) is 9.38 Å². The van der Waals surface area contributed by atoms with Crippen molar-refractivity contribution in [1.29, 1.82) is 0 Å². The van der Waals surface area contributed by atoms with Crippen molar-refractivity contribution in [2.45, 2.75) is 122 Å². The molecule has 16 N–H and O–H groups in total. The molecule has 0 saturated carbocycles. The Morgan fingerprint density at radius 2 is 1.23 bits per heavy atom. The van der Waals surface area contributed by atoms with Crippen LogP contribution in [0.3, 0.4) is 0 Å². The summed E-state index contributed by atoms with van der Waals surface area (Å²) in [6, 6.07) is -4.76. The number of nitrogens with two attached hydrogens (primary N) is 4. The first-order chi connectivity index (χ1) is 29.0. The van der Waals surface area contributed by atoms with Gasteiger partial charge in [-0.05, 0) is 56.2 Å². The van der Waals surface area contributed by atoms with Gasteiger partial charge in [0.15, 0.2) is 5.96 Å². The number of hydrogen-bond acceptors (Lipinski definition) is 11. The van der Waals surface area contributed by atoms with Crippen LogP contribution in [0.5, 0.6) is 0 Å². The van der Waals surface area contributed by atoms with Crippen molar-refractivity contribution in [3.05, 3.63) is 47.8 Å². The summed E-state index contributed by atoms with van der Waals surface area (Å²) in [4.78, 5) is 109. The monoisotopic (exact) mass is 876 g/mol. The third-order valence-corrected chi connectivity index (χ3v) is 9.46. The minimum Gasteiger partial charge on any atom is -0.394 e. The Morgan fingerprint density at radius 3 is 1.74 bits per heavy atom. The van der Waals surface area contributed by atoms with Crippen LogP contribution >= 0.6 is 0 Å². The van der Waals surface area contributed by atoms with E-state index in [1.165, 1.54) is 50.3 Å². The van der Waals surface area contributed by atoms with Crippen molar-refractivity contribution in [3.8, 4) is 0 Å². The van der Waals surface area contributed by atoms with Gasteiger partial charge in [0.2, 0.25) is 47.3 Å². The number of guanidine groups is 1. The lowest BCUT2D eigenvalue weighted by atomic mass is 9.96. The number of primary amides is 1. The molecule has 1 aromatic rings. The quantitative estimate of drug-likeness (QED) is 0.0251. The number of carbonyl (C=O) groups excluding carboxylic acids is 8. The lowest BCUT2D eigenvalue weighted by Gasteiger charge is -2.29. The van der Waals surface area contributed by atoms with Crippen LogP contribution in [0, 0.1) is 17.7 Å². The molecule has 0 unspecified atom stereocenters. The molecular formula is C40H65FN12O9. The molecule has 0 aromatic heterocycles. The highest BCUT2D eigenvalue weighted by atomic mass is 19.1. The summed E-state index contributed by atoms with van der Waals surface area (Å²) in [6.07, 6.45) is 3.02. The number of benzene rings is 1. The third kappa shape index (κ3) is 19.0. The van der Waals surface area contributed by atoms with E-state index in [0.29, 0.717) is 12.0 Å². The van der Waals surface area contributed by atoms with E-state index in [-0.39, 0.29) is 37.7 Å². The Hall–Kier alpha value is -6.16. The number of aliphatic imine (C=N–C) groups is 1. The van der Waals surface area contributed by atoms with Gasteiger partial charge >= 0.3 is 0 Å². The Kier molecular flexibility index (Phi) is 23.4. The molecule has 62 heavy (non-hydrogen) atoms. The van der Waals surface area contributed by atoms with Crippen molar-refractivity contribution < 1.29 is 47.9 Å². The zero-order valence-electron chi connectivity index (χ0n) is 36.3. The summed E-state index contributed by atoms with van der Waals surface area (Å²) < 4.78 is 13.5. The maximum atomic E-state index is 13.8. The van der Waals surface area contributed by atoms with Crippen molar-refractivity contribution in [3.63, 3.8) is 0 Å². The second kappa shape index (κ2) is 26.9. The third-order valence-electron chi connectivity index (χ3n) is 9.46. The van der Waals surface area contributed by atoms with Gasteiger partial charge < -0.3 is 65.3 Å². The molecule has 0 radical (unpaired) electrons. The highest BCUT2D eigenvalue weighted by molar-refractivity contribution is 5.98. The minimum absolute atomic E-state index is 0.0512. The summed E-state index contributed by atoms with van der Waals surface area (Å²) in [5, 5.41) is 27.7. The molecule has 0 fully saturated rings. The van der Waals surface area contributed by atoms with E-state index in [1.807, 2.05) is 0 Å². The van der Waals surface area contributed by atoms with E-state index in [2.05, 4.69) is 42.2 Å². The second-order valence-corrected chi connectivity index (χ2v) is 15.3. The fraction of sp³-hybridized carbons (Fsp3) is 0.575. The summed E-state index contributed by atoms with van der Waals surface area (Å²) in [7, 11) is 0. The molecular weight excluding hydrogens is 812 g/mol. The number of nitrogens with one attached hydrogen (secondary N) is 7. The number of amides is 8. The van der Waals surface area contributed by atoms with Gasteiger partial charge in [0.1, 0.15) is 48.1 Å². The topological polar surface area (TPSA) is 357 Å². The zero-order valence-corrected chi connectivity index (χ0v) is 36.3. The van der Waals surface area contributed by atoms with Crippen LogP contribution in [0.25, 0.3) is 0 Å². The first-order valence-electron chi connectivity index (χ1n) is 20.3. The normalized spacial score (nSPS) is 15.5. The molecule has 0 spiro atoms. The van der Waals surface area contributed by atoms with Gasteiger partial charge in [0.05, 0.1) is 19.2 Å². The van der Waals surface area contributed by atoms with Crippen LogP contribution in [0.2, 0.25) is 0 Å². The van der Waals surface area contributed by atoms with Crippen molar-refractivity contribution in [1.82, 2.24) is 37.2 Å². The van der Waals surface area contributed by atoms with Crippen LogP contribution in [0.15, 0.2) is 41.4 Å². The lowest BCUT2D eigenvalue weighted by molar-refractivity contribution is -0.136. The maximum absolute atomic E-state index is 13.8. The lowest BCUT2D eigenvalue weighted by Crippen LogP contribution is -2.61. The van der Waals surface area contributed by atoms with Crippen LogP contribution in [0.1, 0.15) is 73.3 Å². The van der Waals surface area contributed by atoms with Gasteiger partial charge in [0, 0.05) is 6.42 Å². The summed E-state index contributed by atoms with van der Waals surface area (Å²) >= 11 is 0. The SMILES string of the molecule is CC[C@H](NC(=O)[C@H](C)NC(=O)[C@H](C)N)C(=O)N[C@@H](/C=C/CN=C(N)N)C(=O)N[C@@H](CO)C(=O)N[C@@H](CC(C)C)C(=O)N[C@H](C(=O)N[C@@H](Cc1ccc(F)cc1)C(N)=O)[C@@H](C)CC. The van der Waals surface area contributed by atoms with E-state index >= 15 is 0 Å². The molecule has 9 atom stereocenters. The number of nitrogens with zero attached hydrogens (tertiary/aromatic N) is 1. The average molecular weight is 877 g/mol. The zero-order chi connectivity index (χ0) is 47.3. The highest BCUT2D eigenvalue weighted by Crippen LogP contribution is 2.13. The molecule has 0 aliphatic heterocycles. The first kappa shape index (κ1) is 53.9. The van der Waals surface area contributed by atoms with E-state index in [1.54, 1.807) is 34.6 Å². The number of carbonyl (C=O) groups is 8. The molecule has 21 nitrogen and oxygen atoms in total. The number of rotatable bonds is 26. The van der Waals surface area contributed by atoms with Crippen LogP contribution in [-0.2, 0) is 44.8 Å². The molecule has 1 aromatic carbocycles. The van der Waals surface area contributed by atoms with Crippen LogP contribution in [-0.4, -0.2) is 120 Å². The Labute approximate surface area is 361 Å². The fourth-order valence-electron chi connectivity index (χ4n) is 5.60. The highest BCUT2D eigenvalue weighted by Gasteiger charge is 2.34. The van der Waals surface area contributed by atoms with Crippen LogP contribution < -0.4 is 60.2 Å². The van der Waals surface area contributed by atoms with Gasteiger partial charge in [-0.15, -0.1) is 0 Å². The second-order valence-electron chi connectivity index (χ2n) is 15.3. The standard InChI is InChI=1S/C40H65FN12O9/c1-8-21(5)31(39(62)50-28(32(43)55)18-24-12-14-25(41)15-13-24)53-37(60)29(17-20(3)4)51-38(61)30(19-54)52-36(59)27(11-10-16-46-40(44)45)49-35(58)26(9-2)48-34(57)23(7)47-33(56)22(6)42/h10-15,20-23,26-31,54H,8-9,16-19,42H2,1-7H3,(H2,43,55)(H,47,56)(H,48,57)(H,49,58)(H,50,62)(H,51,61)(H,52,59)(H,53,60)(H4,44,45,46)/b11-10+/t21-,22-,23-,26-,27-,28-,29-,30-,31-/m0/s1. The molecule has 1 rings (SSSR count). The predicted molar refractivity (Wildman–Crippen MR) is 228 cm³/mol. The molecule has 346 valence electrons. The van der Waals surface area contributed by atoms with Crippen LogP contribution in [0.4, 0.5) is 4.39 Å². The first-order valence-corrected chi connectivity index (χ1v) is 20.3. The van der Waals surface area contributed by atoms with Crippen molar-refractivity contribution >= 4 is 53.2 Å². The number of aliphatic hydroxyl groups excluding tert-OH is 1. The fourth-order valence-corrected chi connectivity index (χ4v) is 5.60. The Balaban J connectivity index is 3.27. The molecule has 8 amide bonds. The Bertz CT molecular complexity index is 1760. The van der Waals surface area contributed by atoms with Crippen molar-refractivity contribution in [2.24, 2.45) is 39.8 Å². The number of aliphatic hydroxyl groups is 1. The minimum atomic E-state index is -1.66. The largest absolute Gasteiger partial charge is 0.394 e.